The van der Waals surface area contributed by atoms with Crippen LogP contribution in [-0.2, 0) is 16.5 Å². The molecule has 2 unspecified atom stereocenters. The van der Waals surface area contributed by atoms with Crippen LogP contribution in [0.15, 0.2) is 19.0 Å². The molecule has 1 aliphatic rings. The van der Waals surface area contributed by atoms with Crippen LogP contribution in [0.5, 0.6) is 0 Å². The summed E-state index contributed by atoms with van der Waals surface area (Å²) in [5, 5.41) is 8.20. The summed E-state index contributed by atoms with van der Waals surface area (Å²) in [7, 11) is 3.04. The molecule has 0 spiro atoms. The van der Waals surface area contributed by atoms with Crippen molar-refractivity contribution in [3.05, 3.63) is 45.3 Å². The van der Waals surface area contributed by atoms with Gasteiger partial charge in [0.05, 0.1) is 35.9 Å². The summed E-state index contributed by atoms with van der Waals surface area (Å²) in [5.41, 5.74) is 1.22. The van der Waals surface area contributed by atoms with Gasteiger partial charge in [-0.25, -0.2) is 19.4 Å². The molecule has 2 N–H and O–H groups in total. The number of H-pyrrole nitrogens is 1. The maximum Gasteiger partial charge on any atom is 0.350 e. The minimum atomic E-state index is -0.505. The monoisotopic (exact) mass is 553 g/mol. The molecular weight excluding hydrogens is 529 g/mol. The SMILES string of the molecule is C=CCOC1CN(c2nc(-c3ncnn3C)c(C(=O)OC)s2)CCC1NC(=O)c1[nH]c(C)c(Cl)c1Cl. The molecule has 1 saturated heterocycles. The third-order valence-corrected chi connectivity index (χ3v) is 7.81. The zero-order chi connectivity index (χ0) is 26.0. The van der Waals surface area contributed by atoms with E-state index >= 15 is 0 Å². The summed E-state index contributed by atoms with van der Waals surface area (Å²) in [6, 6.07) is -0.301. The fourth-order valence-corrected chi connectivity index (χ4v) is 5.35. The molecule has 3 aromatic heterocycles. The van der Waals surface area contributed by atoms with Gasteiger partial charge >= 0.3 is 5.97 Å². The van der Waals surface area contributed by atoms with Crippen LogP contribution in [0, 0.1) is 6.92 Å². The second-order valence-electron chi connectivity index (χ2n) is 8.10. The quantitative estimate of drug-likeness (QED) is 0.321. The van der Waals surface area contributed by atoms with Gasteiger partial charge in [-0.05, 0) is 13.3 Å². The fourth-order valence-electron chi connectivity index (χ4n) is 3.92. The van der Waals surface area contributed by atoms with Gasteiger partial charge in [-0.2, -0.15) is 5.10 Å². The highest BCUT2D eigenvalue weighted by molar-refractivity contribution is 7.17. The van der Waals surface area contributed by atoms with Crippen molar-refractivity contribution in [3.8, 4) is 11.5 Å². The predicted octanol–water partition coefficient (Wildman–Crippen LogP) is 3.25. The van der Waals surface area contributed by atoms with Crippen molar-refractivity contribution in [2.45, 2.75) is 25.5 Å². The van der Waals surface area contributed by atoms with E-state index in [1.807, 2.05) is 4.90 Å². The van der Waals surface area contributed by atoms with E-state index in [1.54, 1.807) is 24.7 Å². The molecule has 3 aromatic rings. The standard InChI is InChI=1S/C22H25Cl2N7O4S/c1-5-8-35-13-9-31(7-6-12(13)28-20(32)16-15(24)14(23)11(2)27-16)22-29-17(18(36-22)21(33)34-4)19-25-10-26-30(19)3/h5,10,12-13,27H,1,6-9H2,2-4H3,(H,28,32). The van der Waals surface area contributed by atoms with E-state index < -0.39 is 5.97 Å². The predicted molar refractivity (Wildman–Crippen MR) is 137 cm³/mol. The van der Waals surface area contributed by atoms with E-state index in [2.05, 4.69) is 27.0 Å². The van der Waals surface area contributed by atoms with E-state index in [-0.39, 0.29) is 28.8 Å². The van der Waals surface area contributed by atoms with Crippen molar-refractivity contribution in [1.82, 2.24) is 30.0 Å². The van der Waals surface area contributed by atoms with Crippen LogP contribution >= 0.6 is 34.5 Å². The number of methoxy groups -OCH3 is 1. The molecule has 36 heavy (non-hydrogen) atoms. The summed E-state index contributed by atoms with van der Waals surface area (Å²) in [4.78, 5) is 39.6. The van der Waals surface area contributed by atoms with E-state index in [0.717, 1.165) is 0 Å². The first-order valence-corrected chi connectivity index (χ1v) is 12.6. The molecule has 0 aromatic carbocycles. The van der Waals surface area contributed by atoms with Crippen molar-refractivity contribution in [2.75, 3.05) is 31.7 Å². The molecule has 0 bridgehead atoms. The van der Waals surface area contributed by atoms with Crippen molar-refractivity contribution in [3.63, 3.8) is 0 Å². The Morgan fingerprint density at radius 1 is 1.39 bits per heavy atom. The third-order valence-electron chi connectivity index (χ3n) is 5.77. The number of aryl methyl sites for hydroxylation is 2. The Bertz CT molecular complexity index is 1290. The number of anilines is 1. The highest BCUT2D eigenvalue weighted by Crippen LogP contribution is 2.34. The lowest BCUT2D eigenvalue weighted by molar-refractivity contribution is 0.0355. The smallest absolute Gasteiger partial charge is 0.350 e. The largest absolute Gasteiger partial charge is 0.465 e. The number of esters is 1. The topological polar surface area (TPSA) is 127 Å². The number of halogens is 2. The van der Waals surface area contributed by atoms with Gasteiger partial charge < -0.3 is 24.7 Å². The summed E-state index contributed by atoms with van der Waals surface area (Å²) in [6.07, 6.45) is 3.22. The average molecular weight is 554 g/mol. The molecule has 14 heteroatoms. The molecule has 2 atom stereocenters. The van der Waals surface area contributed by atoms with Gasteiger partial charge in [-0.3, -0.25) is 4.79 Å². The van der Waals surface area contributed by atoms with Gasteiger partial charge in [0, 0.05) is 25.8 Å². The number of aromatic nitrogens is 5. The Hall–Kier alpha value is -2.93. The van der Waals surface area contributed by atoms with Crippen LogP contribution in [0.3, 0.4) is 0 Å². The number of ether oxygens (including phenoxy) is 2. The number of nitrogens with zero attached hydrogens (tertiary/aromatic N) is 5. The number of carbonyl (C=O) groups is 2. The van der Waals surface area contributed by atoms with Crippen molar-refractivity contribution in [2.24, 2.45) is 7.05 Å². The van der Waals surface area contributed by atoms with Gasteiger partial charge in [0.2, 0.25) is 0 Å². The zero-order valence-corrected chi connectivity index (χ0v) is 22.2. The minimum absolute atomic E-state index is 0.182. The number of piperidine rings is 1. The normalized spacial score (nSPS) is 17.8. The first-order chi connectivity index (χ1) is 17.2. The molecule has 1 fully saturated rings. The lowest BCUT2D eigenvalue weighted by atomic mass is 10.0. The Morgan fingerprint density at radius 3 is 2.78 bits per heavy atom. The Morgan fingerprint density at radius 2 is 2.17 bits per heavy atom. The molecule has 1 aliphatic heterocycles. The number of amides is 1. The van der Waals surface area contributed by atoms with Crippen LogP contribution in [0.1, 0.15) is 32.3 Å². The molecule has 0 saturated carbocycles. The summed E-state index contributed by atoms with van der Waals surface area (Å²) in [6.45, 7) is 6.74. The molecule has 0 aliphatic carbocycles. The number of carbonyl (C=O) groups excluding carboxylic acids is 2. The maximum atomic E-state index is 12.9. The van der Waals surface area contributed by atoms with Crippen LogP contribution in [-0.4, -0.2) is 75.6 Å². The average Bonchev–Trinajstić information content (AvgIpc) is 3.56. The number of hydrogen-bond acceptors (Lipinski definition) is 9. The Kier molecular flexibility index (Phi) is 7.98. The van der Waals surface area contributed by atoms with Gasteiger partial charge in [0.1, 0.15) is 22.6 Å². The van der Waals surface area contributed by atoms with Crippen molar-refractivity contribution in [1.29, 1.82) is 0 Å². The van der Waals surface area contributed by atoms with Crippen LogP contribution in [0.2, 0.25) is 10.0 Å². The first-order valence-electron chi connectivity index (χ1n) is 11.0. The number of aromatic amines is 1. The minimum Gasteiger partial charge on any atom is -0.465 e. The van der Waals surface area contributed by atoms with E-state index in [4.69, 9.17) is 37.7 Å². The second kappa shape index (κ2) is 11.0. The maximum absolute atomic E-state index is 12.9. The Balaban J connectivity index is 1.57. The van der Waals surface area contributed by atoms with Crippen LogP contribution in [0.4, 0.5) is 5.13 Å². The molecular formula is C22H25Cl2N7O4S. The summed E-state index contributed by atoms with van der Waals surface area (Å²) < 4.78 is 12.5. The van der Waals surface area contributed by atoms with Crippen molar-refractivity contribution < 1.29 is 19.1 Å². The van der Waals surface area contributed by atoms with E-state index in [9.17, 15) is 9.59 Å². The lowest BCUT2D eigenvalue weighted by Gasteiger charge is -2.38. The van der Waals surface area contributed by atoms with Gasteiger partial charge in [-0.1, -0.05) is 40.6 Å². The molecule has 0 radical (unpaired) electrons. The number of hydrogen-bond donors (Lipinski definition) is 2. The second-order valence-corrected chi connectivity index (χ2v) is 9.83. The summed E-state index contributed by atoms with van der Waals surface area (Å²) >= 11 is 13.6. The van der Waals surface area contributed by atoms with Crippen LogP contribution in [0.25, 0.3) is 11.5 Å². The molecule has 11 nitrogen and oxygen atoms in total. The third kappa shape index (κ3) is 5.12. The fraction of sp³-hybridized carbons (Fsp3) is 0.409. The molecule has 4 heterocycles. The van der Waals surface area contributed by atoms with Gasteiger partial charge in [-0.15, -0.1) is 6.58 Å². The summed E-state index contributed by atoms with van der Waals surface area (Å²) in [5.74, 6) is -0.418. The van der Waals surface area contributed by atoms with Crippen molar-refractivity contribution >= 4 is 51.5 Å². The molecule has 192 valence electrons. The highest BCUT2D eigenvalue weighted by Gasteiger charge is 2.35. The molecule has 1 amide bonds. The highest BCUT2D eigenvalue weighted by atomic mass is 35.5. The van der Waals surface area contributed by atoms with Gasteiger partial charge in [0.25, 0.3) is 5.91 Å². The molecule has 4 rings (SSSR count). The first kappa shape index (κ1) is 26.1. The van der Waals surface area contributed by atoms with E-state index in [0.29, 0.717) is 58.4 Å². The van der Waals surface area contributed by atoms with Crippen LogP contribution < -0.4 is 10.2 Å². The lowest BCUT2D eigenvalue weighted by Crippen LogP contribution is -2.55. The number of nitrogens with one attached hydrogen (secondary N) is 2. The number of thiazole rings is 1. The Labute approximate surface area is 221 Å². The van der Waals surface area contributed by atoms with Gasteiger partial charge in [0.15, 0.2) is 11.0 Å². The number of rotatable bonds is 8. The van der Waals surface area contributed by atoms with E-state index in [1.165, 1.54) is 24.8 Å². The zero-order valence-electron chi connectivity index (χ0n) is 19.9.